The van der Waals surface area contributed by atoms with E-state index in [1.54, 1.807) is 6.21 Å². The molecule has 1 rings (SSSR count). The van der Waals surface area contributed by atoms with E-state index in [0.717, 1.165) is 37.4 Å². The highest BCUT2D eigenvalue weighted by Crippen LogP contribution is 2.07. The Bertz CT molecular complexity index is 503. The predicted molar refractivity (Wildman–Crippen MR) is 93.2 cm³/mol. The predicted octanol–water partition coefficient (Wildman–Crippen LogP) is 1.87. The van der Waals surface area contributed by atoms with Gasteiger partial charge in [-0.25, -0.2) is 0 Å². The summed E-state index contributed by atoms with van der Waals surface area (Å²) in [6, 6.07) is 7.34. The maximum absolute atomic E-state index is 10.9. The van der Waals surface area contributed by atoms with Crippen LogP contribution in [0, 0.1) is 0 Å². The first-order valence-corrected chi connectivity index (χ1v) is 7.55. The quantitative estimate of drug-likeness (QED) is 0.295. The van der Waals surface area contributed by atoms with Crippen LogP contribution in [-0.2, 0) is 9.53 Å². The fourth-order valence-electron chi connectivity index (χ4n) is 1.58. The van der Waals surface area contributed by atoms with Crippen molar-refractivity contribution >= 4 is 35.1 Å². The van der Waals surface area contributed by atoms with Gasteiger partial charge in [-0.05, 0) is 43.3 Å². The van der Waals surface area contributed by atoms with Crippen LogP contribution in [-0.4, -0.2) is 37.0 Å². The number of hydrogen-bond acceptors (Lipinski definition) is 4. The zero-order valence-electron chi connectivity index (χ0n) is 12.9. The van der Waals surface area contributed by atoms with Gasteiger partial charge in [0, 0.05) is 32.4 Å². The summed E-state index contributed by atoms with van der Waals surface area (Å²) in [5.41, 5.74) is 4.41. The molecule has 0 saturated heterocycles. The minimum atomic E-state index is -0.0937. The molecule has 1 amide bonds. The number of carbonyl (C=O) groups excluding carboxylic acids is 1. The number of benzene rings is 1. The average molecular weight is 322 g/mol. The molecule has 1 aromatic carbocycles. The summed E-state index contributed by atoms with van der Waals surface area (Å²) in [6.07, 6.45) is 2.55. The van der Waals surface area contributed by atoms with Crippen molar-refractivity contribution in [3.63, 3.8) is 0 Å². The van der Waals surface area contributed by atoms with Gasteiger partial charge in [-0.3, -0.25) is 10.2 Å². The normalized spacial score (nSPS) is 10.5. The molecule has 120 valence electrons. The van der Waals surface area contributed by atoms with Crippen LogP contribution in [0.2, 0.25) is 0 Å². The molecule has 0 fully saturated rings. The molecule has 0 saturated carbocycles. The van der Waals surface area contributed by atoms with Gasteiger partial charge in [0.05, 0.1) is 6.21 Å². The maximum Gasteiger partial charge on any atom is 0.221 e. The van der Waals surface area contributed by atoms with Crippen molar-refractivity contribution in [1.29, 1.82) is 0 Å². The molecule has 0 aliphatic carbocycles. The number of nitrogens with zero attached hydrogens (tertiary/aromatic N) is 1. The van der Waals surface area contributed by atoms with Crippen LogP contribution in [0.1, 0.15) is 25.8 Å². The number of ether oxygens (including phenoxy) is 1. The monoisotopic (exact) mass is 322 g/mol. The first-order chi connectivity index (χ1) is 10.6. The Hall–Kier alpha value is -1.99. The second kappa shape index (κ2) is 10.7. The second-order valence-corrected chi connectivity index (χ2v) is 4.89. The number of carbonyl (C=O) groups is 1. The van der Waals surface area contributed by atoms with Crippen molar-refractivity contribution in [2.45, 2.75) is 20.3 Å². The van der Waals surface area contributed by atoms with E-state index in [0.29, 0.717) is 5.11 Å². The molecule has 22 heavy (non-hydrogen) atoms. The molecule has 0 heterocycles. The van der Waals surface area contributed by atoms with Crippen LogP contribution < -0.4 is 16.1 Å². The van der Waals surface area contributed by atoms with Crippen molar-refractivity contribution in [2.75, 3.05) is 25.1 Å². The number of hydrogen-bond donors (Lipinski definition) is 3. The third-order valence-electron chi connectivity index (χ3n) is 2.57. The average Bonchev–Trinajstić information content (AvgIpc) is 2.48. The largest absolute Gasteiger partial charge is 0.382 e. The summed E-state index contributed by atoms with van der Waals surface area (Å²) in [5.74, 6) is -0.0937. The molecule has 0 aliphatic rings. The standard InChI is InChI=1S/C15H22N4O2S/c1-3-21-10-4-9-16-15(22)19-17-11-13-5-7-14(8-6-13)18-12(2)20/h5-8,11H,3-4,9-10H2,1-2H3,(H,18,20)(H2,16,19,22)/b17-11-. The fraction of sp³-hybridized carbons (Fsp3) is 0.400. The van der Waals surface area contributed by atoms with Crippen molar-refractivity contribution < 1.29 is 9.53 Å². The van der Waals surface area contributed by atoms with Gasteiger partial charge < -0.3 is 15.4 Å². The van der Waals surface area contributed by atoms with E-state index in [9.17, 15) is 4.79 Å². The van der Waals surface area contributed by atoms with Crippen LogP contribution in [0.3, 0.4) is 0 Å². The van der Waals surface area contributed by atoms with E-state index >= 15 is 0 Å². The molecule has 7 heteroatoms. The molecule has 0 radical (unpaired) electrons. The van der Waals surface area contributed by atoms with E-state index in [-0.39, 0.29) is 5.91 Å². The van der Waals surface area contributed by atoms with E-state index in [2.05, 4.69) is 21.2 Å². The van der Waals surface area contributed by atoms with Crippen LogP contribution in [0.4, 0.5) is 5.69 Å². The number of thiocarbonyl (C=S) groups is 1. The lowest BCUT2D eigenvalue weighted by molar-refractivity contribution is -0.114. The first kappa shape index (κ1) is 18.1. The van der Waals surface area contributed by atoms with Crippen molar-refractivity contribution in [2.24, 2.45) is 5.10 Å². The van der Waals surface area contributed by atoms with Crippen molar-refractivity contribution in [3.05, 3.63) is 29.8 Å². The number of anilines is 1. The van der Waals surface area contributed by atoms with E-state index in [1.165, 1.54) is 6.92 Å². The van der Waals surface area contributed by atoms with E-state index in [4.69, 9.17) is 17.0 Å². The van der Waals surface area contributed by atoms with Gasteiger partial charge >= 0.3 is 0 Å². The number of nitrogens with one attached hydrogen (secondary N) is 3. The summed E-state index contributed by atoms with van der Waals surface area (Å²) >= 11 is 5.09. The third-order valence-corrected chi connectivity index (χ3v) is 2.80. The molecular formula is C15H22N4O2S. The molecule has 0 bridgehead atoms. The van der Waals surface area contributed by atoms with Gasteiger partial charge in [-0.1, -0.05) is 12.1 Å². The minimum absolute atomic E-state index is 0.0937. The van der Waals surface area contributed by atoms with E-state index in [1.807, 2.05) is 31.2 Å². The Morgan fingerprint density at radius 3 is 2.73 bits per heavy atom. The Kier molecular flexibility index (Phi) is 8.78. The van der Waals surface area contributed by atoms with Gasteiger partial charge in [-0.15, -0.1) is 0 Å². The zero-order chi connectivity index (χ0) is 16.2. The lowest BCUT2D eigenvalue weighted by atomic mass is 10.2. The molecule has 6 nitrogen and oxygen atoms in total. The molecule has 0 unspecified atom stereocenters. The summed E-state index contributed by atoms with van der Waals surface area (Å²) in [7, 11) is 0. The lowest BCUT2D eigenvalue weighted by Gasteiger charge is -2.06. The highest BCUT2D eigenvalue weighted by Gasteiger charge is 1.95. The number of amides is 1. The summed E-state index contributed by atoms with van der Waals surface area (Å²) in [4.78, 5) is 10.9. The van der Waals surface area contributed by atoms with E-state index < -0.39 is 0 Å². The molecule has 0 spiro atoms. The Balaban J connectivity index is 2.27. The van der Waals surface area contributed by atoms with Gasteiger partial charge in [-0.2, -0.15) is 5.10 Å². The highest BCUT2D eigenvalue weighted by atomic mass is 32.1. The van der Waals surface area contributed by atoms with Crippen LogP contribution in [0.25, 0.3) is 0 Å². The Morgan fingerprint density at radius 1 is 1.36 bits per heavy atom. The number of hydrazone groups is 1. The van der Waals surface area contributed by atoms with Gasteiger partial charge in [0.1, 0.15) is 0 Å². The van der Waals surface area contributed by atoms with Crippen molar-refractivity contribution in [3.8, 4) is 0 Å². The summed E-state index contributed by atoms with van der Waals surface area (Å²) < 4.78 is 5.23. The molecule has 3 N–H and O–H groups in total. The first-order valence-electron chi connectivity index (χ1n) is 7.14. The molecule has 0 atom stereocenters. The smallest absolute Gasteiger partial charge is 0.221 e. The highest BCUT2D eigenvalue weighted by molar-refractivity contribution is 7.80. The third kappa shape index (κ3) is 8.33. The van der Waals surface area contributed by atoms with Gasteiger partial charge in [0.15, 0.2) is 5.11 Å². The Morgan fingerprint density at radius 2 is 2.09 bits per heavy atom. The molecular weight excluding hydrogens is 300 g/mol. The SMILES string of the molecule is CCOCCCNC(=S)N/N=C\c1ccc(NC(C)=O)cc1. The van der Waals surface area contributed by atoms with Crippen LogP contribution >= 0.6 is 12.2 Å². The topological polar surface area (TPSA) is 74.8 Å². The minimum Gasteiger partial charge on any atom is -0.382 e. The van der Waals surface area contributed by atoms with Crippen LogP contribution in [0.15, 0.2) is 29.4 Å². The maximum atomic E-state index is 10.9. The molecule has 0 aromatic heterocycles. The molecule has 0 aliphatic heterocycles. The van der Waals surface area contributed by atoms with Gasteiger partial charge in [0.2, 0.25) is 5.91 Å². The zero-order valence-corrected chi connectivity index (χ0v) is 13.7. The van der Waals surface area contributed by atoms with Crippen molar-refractivity contribution in [1.82, 2.24) is 10.7 Å². The molecule has 1 aromatic rings. The summed E-state index contributed by atoms with van der Waals surface area (Å²) in [5, 5.41) is 10.3. The lowest BCUT2D eigenvalue weighted by Crippen LogP contribution is -2.33. The van der Waals surface area contributed by atoms with Crippen LogP contribution in [0.5, 0.6) is 0 Å². The Labute approximate surface area is 136 Å². The number of rotatable bonds is 8. The van der Waals surface area contributed by atoms with Gasteiger partial charge in [0.25, 0.3) is 0 Å². The second-order valence-electron chi connectivity index (χ2n) is 4.48. The summed E-state index contributed by atoms with van der Waals surface area (Å²) in [6.45, 7) is 5.63. The fourth-order valence-corrected chi connectivity index (χ4v) is 1.74.